The maximum absolute atomic E-state index is 13.0. The fourth-order valence-corrected chi connectivity index (χ4v) is 3.68. The van der Waals surface area contributed by atoms with Crippen LogP contribution in [0.4, 0.5) is 5.82 Å². The van der Waals surface area contributed by atoms with E-state index in [1.807, 2.05) is 18.4 Å². The molecule has 1 amide bonds. The fraction of sp³-hybridized carbons (Fsp3) is 0.348. The van der Waals surface area contributed by atoms with Gasteiger partial charge in [0.1, 0.15) is 11.9 Å². The lowest BCUT2D eigenvalue weighted by molar-refractivity contribution is -0.122. The van der Waals surface area contributed by atoms with Gasteiger partial charge in [0.15, 0.2) is 5.16 Å². The van der Waals surface area contributed by atoms with Crippen molar-refractivity contribution in [2.45, 2.75) is 38.0 Å². The molecule has 0 spiro atoms. The van der Waals surface area contributed by atoms with Gasteiger partial charge in [-0.2, -0.15) is 0 Å². The zero-order valence-electron chi connectivity index (χ0n) is 19.0. The summed E-state index contributed by atoms with van der Waals surface area (Å²) in [5.41, 5.74) is 1.92. The van der Waals surface area contributed by atoms with Gasteiger partial charge < -0.3 is 15.2 Å². The van der Waals surface area contributed by atoms with E-state index >= 15 is 0 Å². The van der Waals surface area contributed by atoms with Gasteiger partial charge in [0.05, 0.1) is 5.69 Å². The molecule has 174 valence electrons. The molecule has 0 unspecified atom stereocenters. The van der Waals surface area contributed by atoms with Gasteiger partial charge in [0, 0.05) is 42.6 Å². The molecule has 1 atom stereocenters. The van der Waals surface area contributed by atoms with Crippen LogP contribution in [0.3, 0.4) is 0 Å². The number of amides is 1. The zero-order valence-corrected chi connectivity index (χ0v) is 20.6. The van der Waals surface area contributed by atoms with Crippen molar-refractivity contribution >= 4 is 35.1 Å². The molecule has 0 aliphatic carbocycles. The Bertz CT molecular complexity index is 1170. The van der Waals surface area contributed by atoms with Gasteiger partial charge in [0.25, 0.3) is 0 Å². The average molecular weight is 487 g/mol. The van der Waals surface area contributed by atoms with Crippen molar-refractivity contribution in [3.63, 3.8) is 0 Å². The van der Waals surface area contributed by atoms with Crippen LogP contribution in [0.5, 0.6) is 0 Å². The predicted molar refractivity (Wildman–Crippen MR) is 132 cm³/mol. The van der Waals surface area contributed by atoms with Gasteiger partial charge in [-0.1, -0.05) is 49.3 Å². The van der Waals surface area contributed by atoms with Gasteiger partial charge in [-0.3, -0.25) is 4.79 Å². The number of carbonyl (C=O) groups is 1. The lowest BCUT2D eigenvalue weighted by atomic mass is 10.0. The number of aromatic nitrogens is 4. The molecule has 0 aliphatic rings. The van der Waals surface area contributed by atoms with Crippen LogP contribution in [0, 0.1) is 5.92 Å². The molecule has 0 saturated heterocycles. The number of hydrogen-bond donors (Lipinski definition) is 2. The summed E-state index contributed by atoms with van der Waals surface area (Å²) in [6.45, 7) is 4.53. The second kappa shape index (κ2) is 11.3. The van der Waals surface area contributed by atoms with Crippen LogP contribution in [-0.2, 0) is 18.4 Å². The number of nitrogens with zero attached hydrogens (tertiary/aromatic N) is 4. The number of carbonyl (C=O) groups excluding carboxylic acids is 1. The topological polar surface area (TPSA) is 102 Å². The third-order valence-electron chi connectivity index (χ3n) is 4.86. The molecule has 2 N–H and O–H groups in total. The van der Waals surface area contributed by atoms with E-state index in [0.717, 1.165) is 5.56 Å². The largest absolute Gasteiger partial charge is 0.358 e. The van der Waals surface area contributed by atoms with E-state index in [0.29, 0.717) is 40.2 Å². The lowest BCUT2D eigenvalue weighted by Gasteiger charge is -2.21. The number of thioether (sulfide) groups is 1. The number of halogens is 1. The summed E-state index contributed by atoms with van der Waals surface area (Å²) < 4.78 is 1.40. The molecule has 0 fully saturated rings. The van der Waals surface area contributed by atoms with Gasteiger partial charge in [-0.05, 0) is 36.3 Å². The summed E-state index contributed by atoms with van der Waals surface area (Å²) in [5.74, 6) is 0.705. The van der Waals surface area contributed by atoms with E-state index in [2.05, 4.69) is 39.4 Å². The predicted octanol–water partition coefficient (Wildman–Crippen LogP) is 3.76. The zero-order chi connectivity index (χ0) is 24.0. The maximum Gasteiger partial charge on any atom is 0.347 e. The molecule has 0 bridgehead atoms. The second-order valence-corrected chi connectivity index (χ2v) is 9.24. The van der Waals surface area contributed by atoms with E-state index in [-0.39, 0.29) is 17.5 Å². The van der Waals surface area contributed by atoms with Gasteiger partial charge in [0.2, 0.25) is 5.91 Å². The standard InChI is InChI=1S/C23H27ClN6O2S/c1-14(2)9-19(21(31)25-11-15-5-7-17(24)8-6-15)27-20-10-18(28-22(29-20)33-4)16-12-26-23(32)30(3)13-16/h5-8,10,12-14,19H,9,11H2,1-4H3,(H,25,31)(H,27,28,29)/t19-/m1/s1. The Morgan fingerprint density at radius 1 is 1.21 bits per heavy atom. The van der Waals surface area contributed by atoms with Crippen LogP contribution < -0.4 is 16.3 Å². The summed E-state index contributed by atoms with van der Waals surface area (Å²) >= 11 is 7.33. The van der Waals surface area contributed by atoms with E-state index in [9.17, 15) is 9.59 Å². The summed E-state index contributed by atoms with van der Waals surface area (Å²) in [4.78, 5) is 37.6. The van der Waals surface area contributed by atoms with Crippen molar-refractivity contribution in [3.8, 4) is 11.3 Å². The van der Waals surface area contributed by atoms with Crippen molar-refractivity contribution in [1.82, 2.24) is 24.8 Å². The van der Waals surface area contributed by atoms with Crippen LogP contribution in [0.15, 0.2) is 52.7 Å². The third-order valence-corrected chi connectivity index (χ3v) is 5.66. The summed E-state index contributed by atoms with van der Waals surface area (Å²) in [6.07, 6.45) is 5.67. The smallest absolute Gasteiger partial charge is 0.347 e. The third kappa shape index (κ3) is 7.03. The van der Waals surface area contributed by atoms with Gasteiger partial charge >= 0.3 is 5.69 Å². The molecule has 10 heteroatoms. The highest BCUT2D eigenvalue weighted by Crippen LogP contribution is 2.23. The van der Waals surface area contributed by atoms with Crippen LogP contribution in [0.25, 0.3) is 11.3 Å². The van der Waals surface area contributed by atoms with Crippen LogP contribution in [0.1, 0.15) is 25.8 Å². The number of benzene rings is 1. The van der Waals surface area contributed by atoms with Crippen molar-refractivity contribution in [2.75, 3.05) is 11.6 Å². The minimum atomic E-state index is -0.479. The average Bonchev–Trinajstić information content (AvgIpc) is 2.79. The van der Waals surface area contributed by atoms with Crippen molar-refractivity contribution in [2.24, 2.45) is 13.0 Å². The molecule has 1 aromatic carbocycles. The van der Waals surface area contributed by atoms with Crippen molar-refractivity contribution < 1.29 is 4.79 Å². The van der Waals surface area contributed by atoms with E-state index in [1.165, 1.54) is 22.5 Å². The number of anilines is 1. The molecule has 0 aliphatic heterocycles. The van der Waals surface area contributed by atoms with Gasteiger partial charge in [-0.25, -0.2) is 19.7 Å². The molecular weight excluding hydrogens is 460 g/mol. The Labute approximate surface area is 202 Å². The van der Waals surface area contributed by atoms with Crippen LogP contribution in [-0.4, -0.2) is 37.7 Å². The Morgan fingerprint density at radius 2 is 1.94 bits per heavy atom. The highest BCUT2D eigenvalue weighted by molar-refractivity contribution is 7.98. The summed E-state index contributed by atoms with van der Waals surface area (Å²) in [6, 6.07) is 8.65. The first-order chi connectivity index (χ1) is 15.7. The van der Waals surface area contributed by atoms with E-state index in [4.69, 9.17) is 11.6 Å². The molecule has 2 aromatic heterocycles. The SMILES string of the molecule is CSc1nc(N[C@H](CC(C)C)C(=O)NCc2ccc(Cl)cc2)cc(-c2cnc(=O)n(C)c2)n1. The van der Waals surface area contributed by atoms with E-state index < -0.39 is 6.04 Å². The van der Waals surface area contributed by atoms with E-state index in [1.54, 1.807) is 31.4 Å². The number of nitrogens with one attached hydrogen (secondary N) is 2. The molecule has 2 heterocycles. The second-order valence-electron chi connectivity index (χ2n) is 8.03. The molecule has 3 rings (SSSR count). The first-order valence-electron chi connectivity index (χ1n) is 10.5. The van der Waals surface area contributed by atoms with Crippen molar-refractivity contribution in [1.29, 1.82) is 0 Å². The Morgan fingerprint density at radius 3 is 2.58 bits per heavy atom. The number of hydrogen-bond acceptors (Lipinski definition) is 7. The highest BCUT2D eigenvalue weighted by atomic mass is 35.5. The monoisotopic (exact) mass is 486 g/mol. The first-order valence-corrected chi connectivity index (χ1v) is 12.1. The molecule has 8 nitrogen and oxygen atoms in total. The minimum Gasteiger partial charge on any atom is -0.358 e. The Hall–Kier alpha value is -2.91. The summed E-state index contributed by atoms with van der Waals surface area (Å²) in [7, 11) is 1.64. The first kappa shape index (κ1) is 24.7. The maximum atomic E-state index is 13.0. The van der Waals surface area contributed by atoms with Crippen molar-refractivity contribution in [3.05, 3.63) is 63.8 Å². The molecule has 33 heavy (non-hydrogen) atoms. The van der Waals surface area contributed by atoms with Gasteiger partial charge in [-0.15, -0.1) is 0 Å². The lowest BCUT2D eigenvalue weighted by Crippen LogP contribution is -2.40. The molecule has 0 saturated carbocycles. The molecular formula is C23H27ClN6O2S. The minimum absolute atomic E-state index is 0.117. The quantitative estimate of drug-likeness (QED) is 0.350. The fourth-order valence-electron chi connectivity index (χ4n) is 3.18. The molecule has 0 radical (unpaired) electrons. The normalized spacial score (nSPS) is 11.9. The molecule has 3 aromatic rings. The van der Waals surface area contributed by atoms with Crippen LogP contribution >= 0.6 is 23.4 Å². The summed E-state index contributed by atoms with van der Waals surface area (Å²) in [5, 5.41) is 7.48. The van der Waals surface area contributed by atoms with Crippen LogP contribution in [0.2, 0.25) is 5.02 Å². The Balaban J connectivity index is 1.82. The Kier molecular flexibility index (Phi) is 8.46. The highest BCUT2D eigenvalue weighted by Gasteiger charge is 2.21. The number of aryl methyl sites for hydroxylation is 1. The number of rotatable bonds is 9.